The van der Waals surface area contributed by atoms with Gasteiger partial charge in [0.05, 0.1) is 6.04 Å². The van der Waals surface area contributed by atoms with Gasteiger partial charge < -0.3 is 14.8 Å². The zero-order valence-corrected chi connectivity index (χ0v) is 14.5. The first-order chi connectivity index (χ1) is 12.1. The zero-order chi connectivity index (χ0) is 18.1. The Morgan fingerprint density at radius 1 is 1.00 bits per heavy atom. The van der Waals surface area contributed by atoms with Crippen LogP contribution in [-0.4, -0.2) is 25.1 Å². The van der Waals surface area contributed by atoms with Gasteiger partial charge in [0.15, 0.2) is 13.2 Å². The summed E-state index contributed by atoms with van der Waals surface area (Å²) in [6.45, 7) is 3.45. The molecule has 1 amide bonds. The standard InChI is InChI=1S/C20H23NO4/c1-3-18(16-11-9-15(2)10-12-16)21-19(22)13-25-20(23)14-24-17-7-5-4-6-8-17/h4-12,18H,3,13-14H2,1-2H3,(H,21,22)/t18-/m1/s1. The van der Waals surface area contributed by atoms with Crippen LogP contribution in [0.2, 0.25) is 0 Å². The van der Waals surface area contributed by atoms with E-state index in [1.165, 1.54) is 0 Å². The van der Waals surface area contributed by atoms with E-state index in [1.54, 1.807) is 12.1 Å². The molecule has 0 fully saturated rings. The van der Waals surface area contributed by atoms with E-state index in [1.807, 2.05) is 56.3 Å². The molecule has 2 rings (SSSR count). The fraction of sp³-hybridized carbons (Fsp3) is 0.300. The molecule has 0 aromatic heterocycles. The molecular weight excluding hydrogens is 318 g/mol. The SMILES string of the molecule is CC[C@@H](NC(=O)COC(=O)COc1ccccc1)c1ccc(C)cc1. The van der Waals surface area contributed by atoms with E-state index in [0.29, 0.717) is 5.75 Å². The lowest BCUT2D eigenvalue weighted by atomic mass is 10.0. The van der Waals surface area contributed by atoms with Crippen LogP contribution in [-0.2, 0) is 14.3 Å². The van der Waals surface area contributed by atoms with E-state index in [0.717, 1.165) is 17.5 Å². The summed E-state index contributed by atoms with van der Waals surface area (Å²) in [6.07, 6.45) is 0.750. The van der Waals surface area contributed by atoms with Crippen LogP contribution in [0.1, 0.15) is 30.5 Å². The first-order valence-electron chi connectivity index (χ1n) is 8.28. The number of hydrogen-bond donors (Lipinski definition) is 1. The van der Waals surface area contributed by atoms with E-state index < -0.39 is 5.97 Å². The lowest BCUT2D eigenvalue weighted by Crippen LogP contribution is -2.32. The highest BCUT2D eigenvalue weighted by atomic mass is 16.6. The lowest BCUT2D eigenvalue weighted by Gasteiger charge is -2.17. The molecule has 0 aliphatic rings. The van der Waals surface area contributed by atoms with Gasteiger partial charge >= 0.3 is 5.97 Å². The normalized spacial score (nSPS) is 11.4. The fourth-order valence-electron chi connectivity index (χ4n) is 2.30. The Balaban J connectivity index is 1.75. The number of carbonyl (C=O) groups is 2. The van der Waals surface area contributed by atoms with Crippen LogP contribution in [0, 0.1) is 6.92 Å². The second kappa shape index (κ2) is 9.47. The van der Waals surface area contributed by atoms with Crippen molar-refractivity contribution < 1.29 is 19.1 Å². The number of esters is 1. The average Bonchev–Trinajstić information content (AvgIpc) is 2.64. The Bertz CT molecular complexity index is 683. The average molecular weight is 341 g/mol. The highest BCUT2D eigenvalue weighted by molar-refractivity contribution is 5.81. The molecule has 2 aromatic carbocycles. The van der Waals surface area contributed by atoms with Crippen molar-refractivity contribution >= 4 is 11.9 Å². The first kappa shape index (κ1) is 18.5. The third kappa shape index (κ3) is 6.30. The Hall–Kier alpha value is -2.82. The smallest absolute Gasteiger partial charge is 0.344 e. The van der Waals surface area contributed by atoms with Crippen LogP contribution >= 0.6 is 0 Å². The topological polar surface area (TPSA) is 64.6 Å². The molecule has 25 heavy (non-hydrogen) atoms. The van der Waals surface area contributed by atoms with Crippen LogP contribution in [0.25, 0.3) is 0 Å². The van der Waals surface area contributed by atoms with Crippen molar-refractivity contribution in [1.82, 2.24) is 5.32 Å². The summed E-state index contributed by atoms with van der Waals surface area (Å²) in [6, 6.07) is 16.8. The molecular formula is C20H23NO4. The third-order valence-electron chi connectivity index (χ3n) is 3.69. The Morgan fingerprint density at radius 3 is 2.32 bits per heavy atom. The van der Waals surface area contributed by atoms with E-state index in [-0.39, 0.29) is 25.2 Å². The summed E-state index contributed by atoms with van der Waals surface area (Å²) in [4.78, 5) is 23.7. The van der Waals surface area contributed by atoms with Gasteiger partial charge in [-0.25, -0.2) is 4.79 Å². The highest BCUT2D eigenvalue weighted by Crippen LogP contribution is 2.17. The van der Waals surface area contributed by atoms with E-state index in [4.69, 9.17) is 9.47 Å². The van der Waals surface area contributed by atoms with Gasteiger partial charge in [0.25, 0.3) is 5.91 Å². The number of rotatable bonds is 8. The lowest BCUT2D eigenvalue weighted by molar-refractivity contribution is -0.150. The van der Waals surface area contributed by atoms with Crippen molar-refractivity contribution in [3.8, 4) is 5.75 Å². The summed E-state index contributed by atoms with van der Waals surface area (Å²) in [7, 11) is 0. The second-order valence-electron chi connectivity index (χ2n) is 5.70. The minimum absolute atomic E-state index is 0.104. The number of hydrogen-bond acceptors (Lipinski definition) is 4. The van der Waals surface area contributed by atoms with Crippen LogP contribution in [0.3, 0.4) is 0 Å². The minimum atomic E-state index is -0.581. The van der Waals surface area contributed by atoms with Crippen LogP contribution in [0.15, 0.2) is 54.6 Å². The van der Waals surface area contributed by atoms with Gasteiger partial charge in [-0.3, -0.25) is 4.79 Å². The molecule has 132 valence electrons. The van der Waals surface area contributed by atoms with Gasteiger partial charge in [-0.15, -0.1) is 0 Å². The monoisotopic (exact) mass is 341 g/mol. The van der Waals surface area contributed by atoms with Crippen molar-refractivity contribution in [2.45, 2.75) is 26.3 Å². The van der Waals surface area contributed by atoms with Gasteiger partial charge in [-0.2, -0.15) is 0 Å². The van der Waals surface area contributed by atoms with Crippen molar-refractivity contribution in [3.63, 3.8) is 0 Å². The molecule has 0 radical (unpaired) electrons. The summed E-state index contributed by atoms with van der Waals surface area (Å²) in [5.41, 5.74) is 2.19. The van der Waals surface area contributed by atoms with Gasteiger partial charge in [-0.1, -0.05) is 55.0 Å². The number of ether oxygens (including phenoxy) is 2. The maximum atomic E-state index is 12.0. The zero-order valence-electron chi connectivity index (χ0n) is 14.5. The molecule has 2 aromatic rings. The van der Waals surface area contributed by atoms with Crippen LogP contribution in [0.5, 0.6) is 5.75 Å². The fourth-order valence-corrected chi connectivity index (χ4v) is 2.30. The largest absolute Gasteiger partial charge is 0.482 e. The molecule has 0 heterocycles. The van der Waals surface area contributed by atoms with Gasteiger partial charge in [0, 0.05) is 0 Å². The molecule has 0 spiro atoms. The minimum Gasteiger partial charge on any atom is -0.482 e. The van der Waals surface area contributed by atoms with E-state index >= 15 is 0 Å². The highest BCUT2D eigenvalue weighted by Gasteiger charge is 2.14. The van der Waals surface area contributed by atoms with Crippen molar-refractivity contribution in [2.24, 2.45) is 0 Å². The maximum absolute atomic E-state index is 12.0. The van der Waals surface area contributed by atoms with E-state index in [2.05, 4.69) is 5.32 Å². The second-order valence-corrected chi connectivity index (χ2v) is 5.70. The number of carbonyl (C=O) groups excluding carboxylic acids is 2. The van der Waals surface area contributed by atoms with Crippen molar-refractivity contribution in [3.05, 3.63) is 65.7 Å². The molecule has 5 nitrogen and oxygen atoms in total. The molecule has 0 aliphatic heterocycles. The number of aryl methyl sites for hydroxylation is 1. The van der Waals surface area contributed by atoms with Crippen molar-refractivity contribution in [2.75, 3.05) is 13.2 Å². The quantitative estimate of drug-likeness (QED) is 0.749. The van der Waals surface area contributed by atoms with E-state index in [9.17, 15) is 9.59 Å². The third-order valence-corrected chi connectivity index (χ3v) is 3.69. The Labute approximate surface area is 148 Å². The summed E-state index contributed by atoms with van der Waals surface area (Å²) < 4.78 is 10.2. The predicted octanol–water partition coefficient (Wildman–Crippen LogP) is 3.18. The number of benzene rings is 2. The first-order valence-corrected chi connectivity index (χ1v) is 8.28. The van der Waals surface area contributed by atoms with Gasteiger partial charge in [0.2, 0.25) is 0 Å². The van der Waals surface area contributed by atoms with Crippen LogP contribution in [0.4, 0.5) is 0 Å². The van der Waals surface area contributed by atoms with Crippen molar-refractivity contribution in [1.29, 1.82) is 0 Å². The molecule has 0 saturated heterocycles. The summed E-state index contributed by atoms with van der Waals surface area (Å²) in [5, 5.41) is 2.87. The summed E-state index contributed by atoms with van der Waals surface area (Å²) >= 11 is 0. The number of para-hydroxylation sites is 1. The number of amides is 1. The molecule has 1 N–H and O–H groups in total. The molecule has 1 atom stereocenters. The molecule has 0 unspecified atom stereocenters. The molecule has 0 aliphatic carbocycles. The molecule has 0 bridgehead atoms. The van der Waals surface area contributed by atoms with Gasteiger partial charge in [0.1, 0.15) is 5.75 Å². The predicted molar refractivity (Wildman–Crippen MR) is 95.2 cm³/mol. The van der Waals surface area contributed by atoms with Crippen LogP contribution < -0.4 is 10.1 Å². The molecule has 0 saturated carbocycles. The van der Waals surface area contributed by atoms with Gasteiger partial charge in [-0.05, 0) is 31.0 Å². The summed E-state index contributed by atoms with van der Waals surface area (Å²) in [5.74, 6) is -0.336. The Kier molecular flexibility index (Phi) is 7.01. The number of nitrogens with one attached hydrogen (secondary N) is 1. The Morgan fingerprint density at radius 2 is 1.68 bits per heavy atom. The molecule has 5 heteroatoms. The maximum Gasteiger partial charge on any atom is 0.344 e.